The summed E-state index contributed by atoms with van der Waals surface area (Å²) in [5, 5.41) is 2.33. The van der Waals surface area contributed by atoms with Crippen LogP contribution in [-0.4, -0.2) is 38.7 Å². The van der Waals surface area contributed by atoms with Gasteiger partial charge in [0.05, 0.1) is 0 Å². The first-order chi connectivity index (χ1) is 14.2. The highest BCUT2D eigenvalue weighted by Gasteiger charge is 2.59. The van der Waals surface area contributed by atoms with Crippen LogP contribution in [-0.2, 0) is 18.6 Å². The third kappa shape index (κ3) is 3.59. The first-order valence-electron chi connectivity index (χ1n) is 10.6. The third-order valence-corrected chi connectivity index (χ3v) is 11.0. The maximum absolute atomic E-state index is 7.28. The molecule has 2 aromatic rings. The van der Waals surface area contributed by atoms with Gasteiger partial charge in [-0.05, 0) is 29.3 Å². The lowest BCUT2D eigenvalue weighted by Crippen LogP contribution is -2.69. The molecule has 4 nitrogen and oxygen atoms in total. The molecule has 0 aliphatic carbocycles. The summed E-state index contributed by atoms with van der Waals surface area (Å²) >= 11 is 0. The van der Waals surface area contributed by atoms with Crippen LogP contribution in [0.2, 0.25) is 5.04 Å². The average molecular weight is 425 g/mol. The molecule has 0 aromatic heterocycles. The van der Waals surface area contributed by atoms with Crippen molar-refractivity contribution in [3.63, 3.8) is 0 Å². The van der Waals surface area contributed by atoms with Crippen LogP contribution >= 0.6 is 0 Å². The summed E-state index contributed by atoms with van der Waals surface area (Å²) in [6.45, 7) is 14.6. The fourth-order valence-corrected chi connectivity index (χ4v) is 9.41. The molecule has 2 heterocycles. The Morgan fingerprint density at radius 2 is 1.47 bits per heavy atom. The number of hydrogen-bond acceptors (Lipinski definition) is 4. The van der Waals surface area contributed by atoms with E-state index in [1.165, 1.54) is 10.4 Å². The van der Waals surface area contributed by atoms with Crippen molar-refractivity contribution in [3.8, 4) is 0 Å². The van der Waals surface area contributed by atoms with Crippen molar-refractivity contribution < 1.29 is 18.6 Å². The minimum absolute atomic E-state index is 0.130. The largest absolute Gasteiger partial charge is 0.399 e. The molecule has 0 saturated carbocycles. The molecular formula is C25H32O4Si. The predicted molar refractivity (Wildman–Crippen MR) is 121 cm³/mol. The molecular weight excluding hydrogens is 392 g/mol. The average Bonchev–Trinajstić information content (AvgIpc) is 3.17. The maximum atomic E-state index is 7.28. The summed E-state index contributed by atoms with van der Waals surface area (Å²) < 4.78 is 25.7. The van der Waals surface area contributed by atoms with Gasteiger partial charge in [0.15, 0.2) is 12.1 Å². The van der Waals surface area contributed by atoms with Gasteiger partial charge in [-0.25, -0.2) is 0 Å². The summed E-state index contributed by atoms with van der Waals surface area (Å²) in [5.41, 5.74) is 0. The van der Waals surface area contributed by atoms with E-state index in [1.54, 1.807) is 6.08 Å². The predicted octanol–water partition coefficient (Wildman–Crippen LogP) is 3.99. The van der Waals surface area contributed by atoms with E-state index in [2.05, 4.69) is 75.9 Å². The lowest BCUT2D eigenvalue weighted by atomic mass is 10.1. The Bertz CT molecular complexity index is 836. The Kier molecular flexibility index (Phi) is 5.53. The Balaban J connectivity index is 1.85. The van der Waals surface area contributed by atoms with Crippen molar-refractivity contribution in [2.24, 2.45) is 0 Å². The smallest absolute Gasteiger partial charge is 0.261 e. The lowest BCUT2D eigenvalue weighted by Gasteiger charge is -2.45. The Labute approximate surface area is 180 Å². The fourth-order valence-electron chi connectivity index (χ4n) is 4.72. The van der Waals surface area contributed by atoms with Crippen molar-refractivity contribution in [3.05, 3.63) is 73.3 Å². The first kappa shape index (κ1) is 21.5. The van der Waals surface area contributed by atoms with Gasteiger partial charge < -0.3 is 18.6 Å². The van der Waals surface area contributed by atoms with Crippen molar-refractivity contribution >= 4 is 18.7 Å². The summed E-state index contributed by atoms with van der Waals surface area (Å²) in [4.78, 5) is 0. The molecule has 4 rings (SSSR count). The highest BCUT2D eigenvalue weighted by molar-refractivity contribution is 6.99. The summed E-state index contributed by atoms with van der Waals surface area (Å²) in [6, 6.07) is 21.2. The van der Waals surface area contributed by atoms with Crippen LogP contribution in [0.25, 0.3) is 0 Å². The molecule has 160 valence electrons. The second-order valence-corrected chi connectivity index (χ2v) is 13.8. The summed E-state index contributed by atoms with van der Waals surface area (Å²) in [7, 11) is -2.74. The van der Waals surface area contributed by atoms with E-state index in [-0.39, 0.29) is 23.4 Å². The lowest BCUT2D eigenvalue weighted by molar-refractivity contribution is -0.208. The molecule has 0 bridgehead atoms. The first-order valence-corrected chi connectivity index (χ1v) is 12.5. The van der Waals surface area contributed by atoms with E-state index in [4.69, 9.17) is 18.6 Å². The topological polar surface area (TPSA) is 36.9 Å². The molecule has 2 saturated heterocycles. The zero-order valence-electron chi connectivity index (χ0n) is 18.5. The molecule has 2 aliphatic rings. The van der Waals surface area contributed by atoms with Crippen molar-refractivity contribution in [2.75, 3.05) is 0 Å². The minimum Gasteiger partial charge on any atom is -0.399 e. The number of ether oxygens (including phenoxy) is 3. The van der Waals surface area contributed by atoms with Crippen LogP contribution in [0.3, 0.4) is 0 Å². The monoisotopic (exact) mass is 424 g/mol. The summed E-state index contributed by atoms with van der Waals surface area (Å²) in [5.74, 6) is -0.700. The SMILES string of the molecule is C=CC1O[C@@H]2OC(C)(C)O[C@@H]2[C@H]1O[Si](c1ccccc1)(c1ccccc1)C(C)(C)C. The van der Waals surface area contributed by atoms with Crippen LogP contribution in [0.5, 0.6) is 0 Å². The molecule has 0 radical (unpaired) electrons. The van der Waals surface area contributed by atoms with Gasteiger partial charge in [0.25, 0.3) is 8.32 Å². The van der Waals surface area contributed by atoms with Crippen LogP contribution < -0.4 is 10.4 Å². The quantitative estimate of drug-likeness (QED) is 0.537. The molecule has 2 aromatic carbocycles. The van der Waals surface area contributed by atoms with Gasteiger partial charge in [-0.15, -0.1) is 6.58 Å². The Hall–Kier alpha value is -1.76. The van der Waals surface area contributed by atoms with Crippen molar-refractivity contribution in [1.29, 1.82) is 0 Å². The van der Waals surface area contributed by atoms with Crippen LogP contribution in [0.15, 0.2) is 73.3 Å². The normalized spacial score (nSPS) is 28.3. The molecule has 2 aliphatic heterocycles. The second kappa shape index (κ2) is 7.73. The Morgan fingerprint density at radius 1 is 0.933 bits per heavy atom. The van der Waals surface area contributed by atoms with Gasteiger partial charge in [-0.3, -0.25) is 0 Å². The van der Waals surface area contributed by atoms with Gasteiger partial charge in [0.1, 0.15) is 18.3 Å². The highest BCUT2D eigenvalue weighted by atomic mass is 28.4. The molecule has 0 amide bonds. The van der Waals surface area contributed by atoms with E-state index in [9.17, 15) is 0 Å². The Morgan fingerprint density at radius 3 is 1.93 bits per heavy atom. The van der Waals surface area contributed by atoms with E-state index >= 15 is 0 Å². The third-order valence-electron chi connectivity index (χ3n) is 5.99. The standard InChI is InChI=1S/C25H32O4Si/c1-7-20-21(22-23(26-20)28-25(5,6)27-22)29-30(24(2,3)4,18-14-10-8-11-15-18)19-16-12-9-13-17-19/h7-17,20-23H,1H2,2-6H3/t20?,21-,22+,23+/m0/s1. The number of rotatable bonds is 5. The molecule has 0 N–H and O–H groups in total. The minimum atomic E-state index is -2.74. The van der Waals surface area contributed by atoms with Gasteiger partial charge >= 0.3 is 0 Å². The van der Waals surface area contributed by atoms with E-state index in [1.807, 2.05) is 26.0 Å². The van der Waals surface area contributed by atoms with Crippen molar-refractivity contribution in [2.45, 2.75) is 70.0 Å². The maximum Gasteiger partial charge on any atom is 0.261 e. The zero-order valence-corrected chi connectivity index (χ0v) is 19.5. The fraction of sp³-hybridized carbons (Fsp3) is 0.440. The van der Waals surface area contributed by atoms with Crippen LogP contribution in [0, 0.1) is 0 Å². The van der Waals surface area contributed by atoms with Crippen LogP contribution in [0.4, 0.5) is 0 Å². The molecule has 0 spiro atoms. The molecule has 4 atom stereocenters. The number of benzene rings is 2. The number of fused-ring (bicyclic) bond motifs is 1. The van der Waals surface area contributed by atoms with Gasteiger partial charge in [-0.1, -0.05) is 87.5 Å². The van der Waals surface area contributed by atoms with E-state index in [0.717, 1.165) is 0 Å². The van der Waals surface area contributed by atoms with E-state index < -0.39 is 20.4 Å². The molecule has 30 heavy (non-hydrogen) atoms. The molecule has 1 unspecified atom stereocenters. The molecule has 5 heteroatoms. The van der Waals surface area contributed by atoms with Crippen molar-refractivity contribution in [1.82, 2.24) is 0 Å². The summed E-state index contributed by atoms with van der Waals surface area (Å²) in [6.07, 6.45) is 0.453. The van der Waals surface area contributed by atoms with Crippen LogP contribution in [0.1, 0.15) is 34.6 Å². The second-order valence-electron chi connectivity index (χ2n) is 9.55. The van der Waals surface area contributed by atoms with Gasteiger partial charge in [-0.2, -0.15) is 0 Å². The van der Waals surface area contributed by atoms with Gasteiger partial charge in [0.2, 0.25) is 0 Å². The van der Waals surface area contributed by atoms with E-state index in [0.29, 0.717) is 0 Å². The highest BCUT2D eigenvalue weighted by Crippen LogP contribution is 2.44. The zero-order chi connectivity index (χ0) is 21.6. The molecule has 2 fully saturated rings. The number of hydrogen-bond donors (Lipinski definition) is 0. The van der Waals surface area contributed by atoms with Gasteiger partial charge in [0, 0.05) is 0 Å².